The molecule has 4 rings (SSSR count). The van der Waals surface area contributed by atoms with Crippen LogP contribution in [0.4, 0.5) is 13.2 Å². The Bertz CT molecular complexity index is 615. The smallest absolute Gasteiger partial charge is 0.406 e. The predicted octanol–water partition coefficient (Wildman–Crippen LogP) is 4.27. The van der Waals surface area contributed by atoms with Gasteiger partial charge in [-0.25, -0.2) is 0 Å². The Balaban J connectivity index is 1.79. The molecular formula is C18H22F3NO. The van der Waals surface area contributed by atoms with Crippen LogP contribution in [0.15, 0.2) is 18.2 Å². The van der Waals surface area contributed by atoms with Crippen molar-refractivity contribution in [3.63, 3.8) is 0 Å². The molecule has 1 saturated carbocycles. The van der Waals surface area contributed by atoms with E-state index < -0.39 is 6.36 Å². The zero-order valence-corrected chi connectivity index (χ0v) is 13.3. The first-order valence-corrected chi connectivity index (χ1v) is 8.48. The molecule has 0 unspecified atom stereocenters. The molecule has 2 fully saturated rings. The van der Waals surface area contributed by atoms with E-state index in [-0.39, 0.29) is 11.2 Å². The first-order valence-electron chi connectivity index (χ1n) is 8.48. The van der Waals surface area contributed by atoms with Gasteiger partial charge in [0.25, 0.3) is 0 Å². The van der Waals surface area contributed by atoms with Crippen LogP contribution in [-0.4, -0.2) is 30.9 Å². The fourth-order valence-corrected chi connectivity index (χ4v) is 5.37. The molecule has 1 aromatic rings. The molecule has 0 radical (unpaired) electrons. The van der Waals surface area contributed by atoms with Crippen LogP contribution in [0.2, 0.25) is 0 Å². The topological polar surface area (TPSA) is 12.5 Å². The number of piperidine rings is 1. The predicted molar refractivity (Wildman–Crippen MR) is 81.5 cm³/mol. The standard InChI is InChI=1S/C18H22F3NO/c1-22-9-8-17-7-3-2-4-14(17)16(22)10-12-5-6-13(11-15(12)17)23-18(19,20)21/h5-6,11,14,16H,2-4,7-10H2,1H3/t14-,16+,17+/m0/s1. The number of halogens is 3. The van der Waals surface area contributed by atoms with Gasteiger partial charge in [-0.2, -0.15) is 0 Å². The Labute approximate surface area is 134 Å². The van der Waals surface area contributed by atoms with Crippen LogP contribution in [0.1, 0.15) is 43.2 Å². The van der Waals surface area contributed by atoms with Crippen molar-refractivity contribution >= 4 is 0 Å². The number of nitrogens with zero attached hydrogens (tertiary/aromatic N) is 1. The summed E-state index contributed by atoms with van der Waals surface area (Å²) in [5, 5.41) is 0. The van der Waals surface area contributed by atoms with Gasteiger partial charge in [0.05, 0.1) is 0 Å². The molecule has 1 aromatic carbocycles. The SMILES string of the molecule is CN1CC[C@]23CCCC[C@H]2[C@H]1Cc1ccc(OC(F)(F)F)cc13. The van der Waals surface area contributed by atoms with Gasteiger partial charge in [0.15, 0.2) is 0 Å². The highest BCUT2D eigenvalue weighted by Gasteiger charge is 2.53. The molecule has 1 saturated heterocycles. The van der Waals surface area contributed by atoms with Gasteiger partial charge in [0, 0.05) is 11.5 Å². The number of ether oxygens (including phenoxy) is 1. The molecule has 23 heavy (non-hydrogen) atoms. The zero-order chi connectivity index (χ0) is 16.2. The average Bonchev–Trinajstić information content (AvgIpc) is 2.50. The third-order valence-corrected chi connectivity index (χ3v) is 6.32. The van der Waals surface area contributed by atoms with Crippen LogP contribution >= 0.6 is 0 Å². The summed E-state index contributed by atoms with van der Waals surface area (Å²) < 4.78 is 41.9. The summed E-state index contributed by atoms with van der Waals surface area (Å²) in [5.74, 6) is 0.510. The lowest BCUT2D eigenvalue weighted by molar-refractivity contribution is -0.274. The van der Waals surface area contributed by atoms with Gasteiger partial charge >= 0.3 is 6.36 Å². The molecule has 0 N–H and O–H groups in total. The summed E-state index contributed by atoms with van der Waals surface area (Å²) in [5.41, 5.74) is 2.41. The largest absolute Gasteiger partial charge is 0.573 e. The zero-order valence-electron chi connectivity index (χ0n) is 13.3. The van der Waals surface area contributed by atoms with E-state index in [1.807, 2.05) is 6.07 Å². The van der Waals surface area contributed by atoms with Crippen molar-refractivity contribution in [2.24, 2.45) is 5.92 Å². The van der Waals surface area contributed by atoms with Crippen LogP contribution in [0.25, 0.3) is 0 Å². The van der Waals surface area contributed by atoms with E-state index in [1.54, 1.807) is 6.07 Å². The molecular weight excluding hydrogens is 303 g/mol. The fraction of sp³-hybridized carbons (Fsp3) is 0.667. The maximum Gasteiger partial charge on any atom is 0.573 e. The van der Waals surface area contributed by atoms with Crippen LogP contribution in [0, 0.1) is 5.92 Å². The normalized spacial score (nSPS) is 33.7. The molecule has 1 heterocycles. The lowest BCUT2D eigenvalue weighted by atomic mass is 9.52. The Morgan fingerprint density at radius 2 is 2.04 bits per heavy atom. The van der Waals surface area contributed by atoms with E-state index in [0.717, 1.165) is 31.4 Å². The molecule has 2 nitrogen and oxygen atoms in total. The minimum atomic E-state index is -4.62. The minimum absolute atomic E-state index is 0.0627. The molecule has 3 atom stereocenters. The monoisotopic (exact) mass is 325 g/mol. The van der Waals surface area contributed by atoms with Crippen molar-refractivity contribution in [3.05, 3.63) is 29.3 Å². The van der Waals surface area contributed by atoms with E-state index in [0.29, 0.717) is 12.0 Å². The van der Waals surface area contributed by atoms with Gasteiger partial charge in [-0.3, -0.25) is 0 Å². The van der Waals surface area contributed by atoms with Gasteiger partial charge in [0.1, 0.15) is 5.75 Å². The lowest BCUT2D eigenvalue weighted by Crippen LogP contribution is -2.59. The van der Waals surface area contributed by atoms with Gasteiger partial charge in [-0.15, -0.1) is 13.2 Å². The summed E-state index contributed by atoms with van der Waals surface area (Å²) in [4.78, 5) is 2.46. The third-order valence-electron chi connectivity index (χ3n) is 6.32. The van der Waals surface area contributed by atoms with Crippen molar-refractivity contribution in [1.82, 2.24) is 4.90 Å². The summed E-state index contributed by atoms with van der Waals surface area (Å²) in [6.45, 7) is 1.03. The van der Waals surface area contributed by atoms with E-state index in [1.165, 1.54) is 30.9 Å². The first-order chi connectivity index (χ1) is 10.9. The number of benzene rings is 1. The second kappa shape index (κ2) is 5.13. The number of likely N-dealkylation sites (tertiary alicyclic amines) is 1. The molecule has 0 spiro atoms. The fourth-order valence-electron chi connectivity index (χ4n) is 5.37. The van der Waals surface area contributed by atoms with Crippen molar-refractivity contribution in [3.8, 4) is 5.75 Å². The second-order valence-electron chi connectivity index (χ2n) is 7.38. The van der Waals surface area contributed by atoms with E-state index in [2.05, 4.69) is 16.7 Å². The highest BCUT2D eigenvalue weighted by molar-refractivity contribution is 5.45. The first kappa shape index (κ1) is 15.3. The summed E-state index contributed by atoms with van der Waals surface area (Å²) in [6, 6.07) is 5.55. The number of likely N-dealkylation sites (N-methyl/N-ethyl adjacent to an activating group) is 1. The van der Waals surface area contributed by atoms with Crippen LogP contribution in [0.5, 0.6) is 5.75 Å². The second-order valence-corrected chi connectivity index (χ2v) is 7.38. The average molecular weight is 325 g/mol. The van der Waals surface area contributed by atoms with Crippen molar-refractivity contribution in [2.45, 2.75) is 56.3 Å². The molecule has 1 aliphatic heterocycles. The van der Waals surface area contributed by atoms with E-state index in [9.17, 15) is 13.2 Å². The number of alkyl halides is 3. The Kier molecular flexibility index (Phi) is 3.42. The summed E-state index contributed by atoms with van der Waals surface area (Å²) >= 11 is 0. The quantitative estimate of drug-likeness (QED) is 0.764. The van der Waals surface area contributed by atoms with E-state index >= 15 is 0 Å². The van der Waals surface area contributed by atoms with Gasteiger partial charge < -0.3 is 9.64 Å². The highest BCUT2D eigenvalue weighted by atomic mass is 19.4. The minimum Gasteiger partial charge on any atom is -0.406 e. The summed E-state index contributed by atoms with van der Waals surface area (Å²) in [7, 11) is 2.19. The van der Waals surface area contributed by atoms with Crippen molar-refractivity contribution in [1.29, 1.82) is 0 Å². The van der Waals surface area contributed by atoms with Crippen LogP contribution in [0.3, 0.4) is 0 Å². The lowest BCUT2D eigenvalue weighted by Gasteiger charge is -2.58. The maximum absolute atomic E-state index is 12.6. The molecule has 0 amide bonds. The van der Waals surface area contributed by atoms with Gasteiger partial charge in [-0.1, -0.05) is 18.9 Å². The Morgan fingerprint density at radius 1 is 1.22 bits per heavy atom. The van der Waals surface area contributed by atoms with Gasteiger partial charge in [0.2, 0.25) is 0 Å². The highest BCUT2D eigenvalue weighted by Crippen LogP contribution is 2.56. The molecule has 0 aromatic heterocycles. The summed E-state index contributed by atoms with van der Waals surface area (Å²) in [6.07, 6.45) is 2.09. The molecule has 5 heteroatoms. The third kappa shape index (κ3) is 2.44. The Hall–Kier alpha value is -1.23. The number of hydrogen-bond acceptors (Lipinski definition) is 2. The molecule has 2 bridgehead atoms. The van der Waals surface area contributed by atoms with Crippen molar-refractivity contribution in [2.75, 3.05) is 13.6 Å². The van der Waals surface area contributed by atoms with Crippen LogP contribution < -0.4 is 4.74 Å². The Morgan fingerprint density at radius 3 is 2.83 bits per heavy atom. The molecule has 3 aliphatic rings. The number of fused-ring (bicyclic) bond motifs is 1. The van der Waals surface area contributed by atoms with Crippen LogP contribution in [-0.2, 0) is 11.8 Å². The molecule has 126 valence electrons. The van der Waals surface area contributed by atoms with Gasteiger partial charge in [-0.05, 0) is 68.5 Å². The number of hydrogen-bond donors (Lipinski definition) is 0. The maximum atomic E-state index is 12.6. The number of rotatable bonds is 1. The van der Waals surface area contributed by atoms with Crippen molar-refractivity contribution < 1.29 is 17.9 Å². The van der Waals surface area contributed by atoms with E-state index in [4.69, 9.17) is 0 Å². The molecule has 2 aliphatic carbocycles.